The zero-order valence-electron chi connectivity index (χ0n) is 19.2. The summed E-state index contributed by atoms with van der Waals surface area (Å²) in [6.07, 6.45) is 6.28. The molecule has 2 aliphatic rings. The first-order chi connectivity index (χ1) is 17.5. The van der Waals surface area contributed by atoms with Gasteiger partial charge in [-0.25, -0.2) is 9.97 Å². The van der Waals surface area contributed by atoms with Gasteiger partial charge in [-0.2, -0.15) is 0 Å². The minimum Gasteiger partial charge on any atom is -0.493 e. The molecule has 0 saturated carbocycles. The van der Waals surface area contributed by atoms with Gasteiger partial charge in [-0.1, -0.05) is 29.8 Å². The Balaban J connectivity index is 1.66. The van der Waals surface area contributed by atoms with Gasteiger partial charge in [0.15, 0.2) is 17.2 Å². The standard InChI is InChI=1S/C25H22ClN7O3/c1-36-21-14(26)6-4-7-15(21)30-20-16-17-12(11-29-24(16)34)5-2-3-9-27-23-25(35)33-22-19(32-23)13(8-10-28-22)18(20)31-17/h2-4,6-8,10,12,30-31H,5,9,11H2,1H3,(H,27,32)(H,29,34)(H,28,33,35)/b3-2-/t12-/m0/s1. The maximum atomic E-state index is 13.2. The van der Waals surface area contributed by atoms with Crippen molar-refractivity contribution in [2.24, 2.45) is 0 Å². The second-order valence-electron chi connectivity index (χ2n) is 8.57. The molecule has 1 aromatic carbocycles. The highest BCUT2D eigenvalue weighted by atomic mass is 35.5. The van der Waals surface area contributed by atoms with Gasteiger partial charge in [0, 0.05) is 36.5 Å². The van der Waals surface area contributed by atoms with E-state index >= 15 is 0 Å². The lowest BCUT2D eigenvalue weighted by Crippen LogP contribution is -2.34. The van der Waals surface area contributed by atoms with Crippen molar-refractivity contribution in [1.29, 1.82) is 0 Å². The number of amides is 1. The molecule has 4 aromatic rings. The zero-order chi connectivity index (χ0) is 24.8. The number of methoxy groups -OCH3 is 1. The number of H-pyrrole nitrogens is 2. The maximum Gasteiger partial charge on any atom is 0.292 e. The molecule has 1 atom stereocenters. The summed E-state index contributed by atoms with van der Waals surface area (Å²) in [7, 11) is 1.54. The number of para-hydroxylation sites is 1. The zero-order valence-corrected chi connectivity index (χ0v) is 20.0. The lowest BCUT2D eigenvalue weighted by molar-refractivity contribution is 0.0941. The van der Waals surface area contributed by atoms with E-state index in [-0.39, 0.29) is 23.2 Å². The number of hydrogen-bond donors (Lipinski definition) is 5. The van der Waals surface area contributed by atoms with Crippen LogP contribution in [0.2, 0.25) is 5.02 Å². The average molecular weight is 504 g/mol. The molecular weight excluding hydrogens is 482 g/mol. The van der Waals surface area contributed by atoms with Crippen LogP contribution < -0.4 is 26.2 Å². The fourth-order valence-electron chi connectivity index (χ4n) is 4.75. The monoisotopic (exact) mass is 503 g/mol. The van der Waals surface area contributed by atoms with Gasteiger partial charge in [0.05, 0.1) is 34.8 Å². The quantitative estimate of drug-likeness (QED) is 0.267. The van der Waals surface area contributed by atoms with Crippen molar-refractivity contribution in [1.82, 2.24) is 25.3 Å². The van der Waals surface area contributed by atoms with E-state index in [9.17, 15) is 9.59 Å². The summed E-state index contributed by atoms with van der Waals surface area (Å²) in [5.41, 5.74) is 4.29. The van der Waals surface area contributed by atoms with Crippen molar-refractivity contribution in [2.75, 3.05) is 30.8 Å². The molecule has 36 heavy (non-hydrogen) atoms. The highest BCUT2D eigenvalue weighted by molar-refractivity contribution is 6.32. The third kappa shape index (κ3) is 3.57. The summed E-state index contributed by atoms with van der Waals surface area (Å²) < 4.78 is 5.54. The number of benzene rings is 1. The molecule has 5 heterocycles. The Morgan fingerprint density at radius 3 is 2.89 bits per heavy atom. The Labute approximate surface area is 210 Å². The van der Waals surface area contributed by atoms with Crippen molar-refractivity contribution < 1.29 is 9.53 Å². The number of rotatable bonds is 3. The van der Waals surface area contributed by atoms with Crippen LogP contribution in [0.25, 0.3) is 22.4 Å². The van der Waals surface area contributed by atoms with Crippen molar-refractivity contribution >= 4 is 45.9 Å². The van der Waals surface area contributed by atoms with Crippen LogP contribution >= 0.6 is 11.6 Å². The van der Waals surface area contributed by atoms with Crippen molar-refractivity contribution in [3.63, 3.8) is 0 Å². The molecule has 2 aliphatic heterocycles. The summed E-state index contributed by atoms with van der Waals surface area (Å²) in [6, 6.07) is 7.17. The molecule has 0 aliphatic carbocycles. The van der Waals surface area contributed by atoms with Crippen LogP contribution in [-0.4, -0.2) is 46.0 Å². The molecule has 0 spiro atoms. The second kappa shape index (κ2) is 8.72. The third-order valence-corrected chi connectivity index (χ3v) is 6.74. The van der Waals surface area contributed by atoms with Crippen LogP contribution in [0.5, 0.6) is 5.75 Å². The van der Waals surface area contributed by atoms with Crippen LogP contribution in [0.15, 0.2) is 47.4 Å². The molecule has 0 saturated heterocycles. The summed E-state index contributed by atoms with van der Waals surface area (Å²) in [4.78, 5) is 41.0. The van der Waals surface area contributed by atoms with E-state index in [1.165, 1.54) is 0 Å². The minimum atomic E-state index is -0.358. The minimum absolute atomic E-state index is 0.0280. The van der Waals surface area contributed by atoms with Gasteiger partial charge in [0.1, 0.15) is 5.52 Å². The lowest BCUT2D eigenvalue weighted by atomic mass is 9.93. The molecule has 3 aromatic heterocycles. The normalized spacial score (nSPS) is 17.4. The molecule has 4 bridgehead atoms. The molecule has 182 valence electrons. The van der Waals surface area contributed by atoms with Gasteiger partial charge in [-0.15, -0.1) is 0 Å². The van der Waals surface area contributed by atoms with Crippen LogP contribution in [-0.2, 0) is 0 Å². The number of carbonyl (C=O) groups is 1. The Morgan fingerprint density at radius 2 is 2.03 bits per heavy atom. The van der Waals surface area contributed by atoms with Crippen LogP contribution in [0.4, 0.5) is 17.2 Å². The summed E-state index contributed by atoms with van der Waals surface area (Å²) in [5, 5.41) is 9.94. The topological polar surface area (TPSA) is 137 Å². The number of pyridine rings is 1. The number of anilines is 3. The van der Waals surface area contributed by atoms with Crippen LogP contribution in [0, 0.1) is 0 Å². The SMILES string of the molecule is COc1c(Cl)cccc1Nc1c2[nH]c3c1C(=O)NC[C@@H]3C/C=C\CNc1nc3c-2ccnc3[nH]c1=O. The van der Waals surface area contributed by atoms with E-state index < -0.39 is 0 Å². The van der Waals surface area contributed by atoms with Gasteiger partial charge < -0.3 is 30.7 Å². The Bertz CT molecular complexity index is 1610. The number of ether oxygens (including phenoxy) is 1. The number of allylic oxidation sites excluding steroid dienone is 1. The molecule has 0 fully saturated rings. The molecule has 0 unspecified atom stereocenters. The fourth-order valence-corrected chi connectivity index (χ4v) is 5.01. The van der Waals surface area contributed by atoms with E-state index in [0.29, 0.717) is 69.6 Å². The molecule has 11 heteroatoms. The van der Waals surface area contributed by atoms with E-state index in [1.807, 2.05) is 18.2 Å². The van der Waals surface area contributed by atoms with Crippen LogP contribution in [0.1, 0.15) is 28.4 Å². The summed E-state index contributed by atoms with van der Waals surface area (Å²) in [5.74, 6) is 0.490. The molecule has 6 rings (SSSR count). The van der Waals surface area contributed by atoms with E-state index in [2.05, 4.69) is 35.9 Å². The van der Waals surface area contributed by atoms with Crippen LogP contribution in [0.3, 0.4) is 0 Å². The fraction of sp³-hybridized carbons (Fsp3) is 0.200. The Kier molecular flexibility index (Phi) is 5.37. The second-order valence-corrected chi connectivity index (χ2v) is 8.98. The van der Waals surface area contributed by atoms with Gasteiger partial charge in [-0.3, -0.25) is 9.59 Å². The molecule has 0 radical (unpaired) electrons. The first-order valence-electron chi connectivity index (χ1n) is 11.5. The van der Waals surface area contributed by atoms with Crippen molar-refractivity contribution in [3.8, 4) is 17.0 Å². The molecule has 1 amide bonds. The number of aromatic nitrogens is 4. The Hall–Kier alpha value is -4.31. The number of nitrogens with zero attached hydrogens (tertiary/aromatic N) is 2. The van der Waals surface area contributed by atoms with E-state index in [1.54, 1.807) is 31.5 Å². The predicted molar refractivity (Wildman–Crippen MR) is 139 cm³/mol. The smallest absolute Gasteiger partial charge is 0.292 e. The number of aromatic amines is 2. The Morgan fingerprint density at radius 1 is 1.14 bits per heavy atom. The summed E-state index contributed by atoms with van der Waals surface area (Å²) in [6.45, 7) is 0.944. The lowest BCUT2D eigenvalue weighted by Gasteiger charge is -2.23. The van der Waals surface area contributed by atoms with Crippen molar-refractivity contribution in [3.05, 3.63) is 69.2 Å². The highest BCUT2D eigenvalue weighted by Crippen LogP contribution is 2.44. The maximum absolute atomic E-state index is 13.2. The molecule has 5 N–H and O–H groups in total. The molecular formula is C25H22ClN7O3. The highest BCUT2D eigenvalue weighted by Gasteiger charge is 2.33. The predicted octanol–water partition coefficient (Wildman–Crippen LogP) is 3.92. The first-order valence-corrected chi connectivity index (χ1v) is 11.8. The number of carbonyl (C=O) groups excluding carboxylic acids is 1. The average Bonchev–Trinajstić information content (AvgIpc) is 3.25. The number of hydrogen-bond acceptors (Lipinski definition) is 7. The van der Waals surface area contributed by atoms with Gasteiger partial charge >= 0.3 is 0 Å². The van der Waals surface area contributed by atoms with Gasteiger partial charge in [0.25, 0.3) is 11.5 Å². The van der Waals surface area contributed by atoms with E-state index in [4.69, 9.17) is 16.3 Å². The van der Waals surface area contributed by atoms with Crippen molar-refractivity contribution in [2.45, 2.75) is 12.3 Å². The summed E-state index contributed by atoms with van der Waals surface area (Å²) >= 11 is 6.38. The first kappa shape index (κ1) is 22.2. The van der Waals surface area contributed by atoms with Gasteiger partial charge in [0.2, 0.25) is 0 Å². The number of nitrogens with one attached hydrogen (secondary N) is 5. The molecule has 10 nitrogen and oxygen atoms in total. The van der Waals surface area contributed by atoms with E-state index in [0.717, 1.165) is 5.69 Å². The third-order valence-electron chi connectivity index (χ3n) is 6.44. The number of halogens is 1. The largest absolute Gasteiger partial charge is 0.493 e. The number of fused-ring (bicyclic) bond motifs is 3. The van der Waals surface area contributed by atoms with Gasteiger partial charge in [-0.05, 0) is 24.6 Å².